The highest BCUT2D eigenvalue weighted by atomic mass is 16.7. The van der Waals surface area contributed by atoms with E-state index < -0.39 is 17.8 Å². The number of rotatable bonds is 41. The Kier molecular flexibility index (Phi) is 41.2. The topological polar surface area (TPSA) is 102 Å². The Morgan fingerprint density at radius 3 is 1.02 bits per heavy atom. The summed E-state index contributed by atoms with van der Waals surface area (Å²) in [6.45, 7) is 14.0. The molecule has 1 heterocycles. The predicted molar refractivity (Wildman–Crippen MR) is 245 cm³/mol. The number of carbonyl (C=O) groups is 4. The lowest BCUT2D eigenvalue weighted by atomic mass is 10.0. The number of unbranched alkanes of at least 4 members (excludes halogenated alkanes) is 30. The minimum atomic E-state index is -0.743. The van der Waals surface area contributed by atoms with Gasteiger partial charge in [0.2, 0.25) is 5.91 Å². The SMILES string of the molecule is CC(C)OCC(=O)ON1C(=O)CCC1=O.CCCCCCCCCCCCCCCCCCN(CCCCCCCCCCCCCCCCCC)C(=O)COC(C)C. The molecule has 0 bridgehead atoms. The van der Waals surface area contributed by atoms with Crippen LogP contribution in [0.5, 0.6) is 0 Å². The van der Waals surface area contributed by atoms with Crippen LogP contribution in [0.2, 0.25) is 0 Å². The maximum atomic E-state index is 12.8. The van der Waals surface area contributed by atoms with Crippen LogP contribution in [-0.4, -0.2) is 72.2 Å². The number of hydrogen-bond acceptors (Lipinski definition) is 7. The van der Waals surface area contributed by atoms with Crippen LogP contribution >= 0.6 is 0 Å². The molecule has 0 atom stereocenters. The summed E-state index contributed by atoms with van der Waals surface area (Å²) >= 11 is 0. The van der Waals surface area contributed by atoms with Gasteiger partial charge in [-0.05, 0) is 40.5 Å². The second-order valence-electron chi connectivity index (χ2n) is 17.8. The third-order valence-corrected chi connectivity index (χ3v) is 11.2. The normalized spacial score (nSPS) is 12.8. The molecule has 1 fully saturated rings. The lowest BCUT2D eigenvalue weighted by molar-refractivity contribution is -0.201. The van der Waals surface area contributed by atoms with Crippen molar-refractivity contribution in [2.75, 3.05) is 26.3 Å². The van der Waals surface area contributed by atoms with E-state index in [9.17, 15) is 19.2 Å². The molecule has 0 aliphatic carbocycles. The first kappa shape index (κ1) is 57.0. The third kappa shape index (κ3) is 38.6. The van der Waals surface area contributed by atoms with Crippen molar-refractivity contribution < 1.29 is 33.5 Å². The smallest absolute Gasteiger partial charge is 0.358 e. The van der Waals surface area contributed by atoms with Gasteiger partial charge in [-0.1, -0.05) is 206 Å². The van der Waals surface area contributed by atoms with Crippen molar-refractivity contribution in [3.05, 3.63) is 0 Å². The number of amides is 3. The van der Waals surface area contributed by atoms with Crippen molar-refractivity contribution in [2.24, 2.45) is 0 Å². The minimum absolute atomic E-state index is 0.0944. The molecule has 0 N–H and O–H groups in total. The van der Waals surface area contributed by atoms with Gasteiger partial charge >= 0.3 is 5.97 Å². The van der Waals surface area contributed by atoms with Crippen molar-refractivity contribution in [2.45, 2.75) is 272 Å². The highest BCUT2D eigenvalue weighted by Crippen LogP contribution is 2.17. The molecule has 1 rings (SSSR count). The number of hydrogen-bond donors (Lipinski definition) is 0. The quantitative estimate of drug-likeness (QED) is 0.0446. The average molecular weight is 837 g/mol. The molecule has 0 aromatic carbocycles. The Bertz CT molecular complexity index is 936. The van der Waals surface area contributed by atoms with Gasteiger partial charge in [-0.25, -0.2) is 4.79 Å². The zero-order valence-corrected chi connectivity index (χ0v) is 39.8. The van der Waals surface area contributed by atoms with Crippen LogP contribution < -0.4 is 0 Å². The number of nitrogens with zero attached hydrogens (tertiary/aromatic N) is 2. The van der Waals surface area contributed by atoms with Crippen LogP contribution in [0.1, 0.15) is 260 Å². The first-order valence-corrected chi connectivity index (χ1v) is 25.2. The van der Waals surface area contributed by atoms with E-state index in [1.807, 2.05) is 13.8 Å². The molecule has 0 saturated carbocycles. The third-order valence-electron chi connectivity index (χ3n) is 11.2. The van der Waals surface area contributed by atoms with Crippen LogP contribution in [0.15, 0.2) is 0 Å². The largest absolute Gasteiger partial charge is 0.369 e. The monoisotopic (exact) mass is 837 g/mol. The summed E-state index contributed by atoms with van der Waals surface area (Å²) in [5, 5.41) is 0.506. The minimum Gasteiger partial charge on any atom is -0.369 e. The Balaban J connectivity index is 0.00000186. The van der Waals surface area contributed by atoms with E-state index in [4.69, 9.17) is 9.47 Å². The molecule has 59 heavy (non-hydrogen) atoms. The summed E-state index contributed by atoms with van der Waals surface area (Å²) in [6, 6.07) is 0. The summed E-state index contributed by atoms with van der Waals surface area (Å²) in [4.78, 5) is 52.7. The van der Waals surface area contributed by atoms with Gasteiger partial charge in [0.05, 0.1) is 12.2 Å². The van der Waals surface area contributed by atoms with Crippen LogP contribution in [0.3, 0.4) is 0 Å². The standard InChI is InChI=1S/C41H83NO2.C9H13NO5/c1-5-7-9-11-13-15-17-19-21-23-25-27-29-31-33-35-37-42(41(43)39-44-40(3)4)38-36-34-32-30-28-26-24-22-20-18-16-14-12-10-8-6-2;1-6(2)14-5-9(13)15-10-7(11)3-4-8(10)12/h40H,5-39H2,1-4H3;6H,3-5H2,1-2H3. The molecule has 348 valence electrons. The molecule has 9 heteroatoms. The molecule has 0 aromatic rings. The highest BCUT2D eigenvalue weighted by Gasteiger charge is 2.32. The summed E-state index contributed by atoms with van der Waals surface area (Å²) in [6.07, 6.45) is 44.6. The molecular formula is C50H96N2O7. The number of imide groups is 1. The van der Waals surface area contributed by atoms with Crippen molar-refractivity contribution in [3.8, 4) is 0 Å². The van der Waals surface area contributed by atoms with Gasteiger partial charge in [-0.15, -0.1) is 5.06 Å². The zero-order chi connectivity index (χ0) is 43.6. The van der Waals surface area contributed by atoms with Crippen LogP contribution in [-0.2, 0) is 33.5 Å². The fourth-order valence-electron chi connectivity index (χ4n) is 7.41. The predicted octanol–water partition coefficient (Wildman–Crippen LogP) is 13.8. The van der Waals surface area contributed by atoms with Crippen molar-refractivity contribution in [3.63, 3.8) is 0 Å². The maximum Gasteiger partial charge on any atom is 0.358 e. The number of carbonyl (C=O) groups excluding carboxylic acids is 4. The van der Waals surface area contributed by atoms with E-state index in [0.29, 0.717) is 5.06 Å². The first-order chi connectivity index (χ1) is 28.6. The second kappa shape index (κ2) is 42.7. The van der Waals surface area contributed by atoms with Gasteiger partial charge in [0.15, 0.2) is 0 Å². The molecule has 0 spiro atoms. The van der Waals surface area contributed by atoms with E-state index >= 15 is 0 Å². The molecule has 1 aliphatic rings. The molecule has 3 amide bonds. The first-order valence-electron chi connectivity index (χ1n) is 25.2. The Labute approximate surface area is 364 Å². The number of ether oxygens (including phenoxy) is 2. The molecule has 1 saturated heterocycles. The van der Waals surface area contributed by atoms with Gasteiger partial charge in [-0.2, -0.15) is 0 Å². The zero-order valence-electron chi connectivity index (χ0n) is 39.8. The fraction of sp³-hybridized carbons (Fsp3) is 0.920. The van der Waals surface area contributed by atoms with Crippen molar-refractivity contribution >= 4 is 23.7 Å². The Morgan fingerprint density at radius 2 is 0.729 bits per heavy atom. The van der Waals surface area contributed by atoms with Gasteiger partial charge in [0, 0.05) is 25.9 Å². The molecule has 0 radical (unpaired) electrons. The second-order valence-corrected chi connectivity index (χ2v) is 17.8. The van der Waals surface area contributed by atoms with Crippen LogP contribution in [0.25, 0.3) is 0 Å². The molecule has 9 nitrogen and oxygen atoms in total. The molecule has 1 aliphatic heterocycles. The molecule has 0 unspecified atom stereocenters. The van der Waals surface area contributed by atoms with E-state index in [0.717, 1.165) is 25.9 Å². The summed E-state index contributed by atoms with van der Waals surface area (Å²) in [5.41, 5.74) is 0. The average Bonchev–Trinajstić information content (AvgIpc) is 3.53. The lowest BCUT2D eigenvalue weighted by Crippen LogP contribution is -2.36. The number of hydroxylamine groups is 2. The summed E-state index contributed by atoms with van der Waals surface area (Å²) in [5.74, 6) is -1.52. The Morgan fingerprint density at radius 1 is 0.458 bits per heavy atom. The summed E-state index contributed by atoms with van der Waals surface area (Å²) < 4.78 is 10.6. The van der Waals surface area contributed by atoms with E-state index in [-0.39, 0.29) is 44.2 Å². The van der Waals surface area contributed by atoms with Gasteiger partial charge in [0.25, 0.3) is 11.8 Å². The van der Waals surface area contributed by atoms with Crippen LogP contribution in [0, 0.1) is 0 Å². The molecular weight excluding hydrogens is 741 g/mol. The fourth-order valence-corrected chi connectivity index (χ4v) is 7.41. The van der Waals surface area contributed by atoms with Gasteiger partial charge in [-0.3, -0.25) is 14.4 Å². The molecule has 0 aromatic heterocycles. The summed E-state index contributed by atoms with van der Waals surface area (Å²) in [7, 11) is 0. The lowest BCUT2D eigenvalue weighted by Gasteiger charge is -2.23. The van der Waals surface area contributed by atoms with Crippen molar-refractivity contribution in [1.82, 2.24) is 9.96 Å². The van der Waals surface area contributed by atoms with E-state index in [2.05, 4.69) is 23.6 Å². The Hall–Kier alpha value is -2.00. The highest BCUT2D eigenvalue weighted by molar-refractivity contribution is 6.01. The van der Waals surface area contributed by atoms with Crippen LogP contribution in [0.4, 0.5) is 0 Å². The van der Waals surface area contributed by atoms with E-state index in [1.165, 1.54) is 193 Å². The maximum absolute atomic E-state index is 12.8. The van der Waals surface area contributed by atoms with E-state index in [1.54, 1.807) is 13.8 Å². The van der Waals surface area contributed by atoms with Crippen molar-refractivity contribution in [1.29, 1.82) is 0 Å². The van der Waals surface area contributed by atoms with Gasteiger partial charge in [0.1, 0.15) is 13.2 Å². The van der Waals surface area contributed by atoms with Gasteiger partial charge < -0.3 is 19.2 Å².